The van der Waals surface area contributed by atoms with E-state index in [9.17, 15) is 0 Å². The molecule has 1 N–H and O–H groups in total. The van der Waals surface area contributed by atoms with E-state index in [0.717, 1.165) is 17.0 Å². The predicted molar refractivity (Wildman–Crippen MR) is 81.2 cm³/mol. The highest BCUT2D eigenvalue weighted by Crippen LogP contribution is 2.23. The van der Waals surface area contributed by atoms with Crippen LogP contribution in [0, 0.1) is 18.3 Å². The van der Waals surface area contributed by atoms with E-state index in [-0.39, 0.29) is 0 Å². The second-order valence-electron chi connectivity index (χ2n) is 4.48. The van der Waals surface area contributed by atoms with Crippen LogP contribution in [0.15, 0.2) is 36.4 Å². The molecule has 3 nitrogen and oxygen atoms in total. The first-order valence-corrected chi connectivity index (χ1v) is 6.59. The van der Waals surface area contributed by atoms with Crippen molar-refractivity contribution < 1.29 is 4.74 Å². The Morgan fingerprint density at radius 3 is 2.70 bits per heavy atom. The second kappa shape index (κ2) is 6.31. The van der Waals surface area contributed by atoms with Gasteiger partial charge in [0.05, 0.1) is 17.7 Å². The van der Waals surface area contributed by atoms with Gasteiger partial charge >= 0.3 is 0 Å². The summed E-state index contributed by atoms with van der Waals surface area (Å²) >= 11 is 6.01. The molecule has 0 aliphatic rings. The van der Waals surface area contributed by atoms with Crippen molar-refractivity contribution in [2.75, 3.05) is 12.4 Å². The lowest BCUT2D eigenvalue weighted by atomic mass is 10.1. The molecule has 0 fully saturated rings. The number of methoxy groups -OCH3 is 1. The molecule has 0 heterocycles. The van der Waals surface area contributed by atoms with Crippen LogP contribution >= 0.6 is 11.6 Å². The molecule has 0 radical (unpaired) electrons. The van der Waals surface area contributed by atoms with E-state index < -0.39 is 0 Å². The van der Waals surface area contributed by atoms with E-state index in [2.05, 4.69) is 11.4 Å². The zero-order valence-electron chi connectivity index (χ0n) is 11.4. The Hall–Kier alpha value is -2.18. The van der Waals surface area contributed by atoms with Gasteiger partial charge in [0.2, 0.25) is 0 Å². The van der Waals surface area contributed by atoms with E-state index in [4.69, 9.17) is 21.6 Å². The fraction of sp³-hybridized carbons (Fsp3) is 0.188. The summed E-state index contributed by atoms with van der Waals surface area (Å²) in [6.45, 7) is 2.68. The smallest absolute Gasteiger partial charge is 0.123 e. The monoisotopic (exact) mass is 286 g/mol. The Morgan fingerprint density at radius 2 is 2.05 bits per heavy atom. The minimum atomic E-state index is 0.453. The van der Waals surface area contributed by atoms with Gasteiger partial charge in [0, 0.05) is 17.8 Å². The molecule has 0 saturated carbocycles. The summed E-state index contributed by atoms with van der Waals surface area (Å²) in [4.78, 5) is 0. The number of nitrogens with zero attached hydrogens (tertiary/aromatic N) is 1. The Bertz CT molecular complexity index is 662. The largest absolute Gasteiger partial charge is 0.496 e. The summed E-state index contributed by atoms with van der Waals surface area (Å²) in [5, 5.41) is 12.6. The average molecular weight is 287 g/mol. The molecule has 0 unspecified atom stereocenters. The second-order valence-corrected chi connectivity index (χ2v) is 4.88. The van der Waals surface area contributed by atoms with Crippen LogP contribution in [0.3, 0.4) is 0 Å². The van der Waals surface area contributed by atoms with Crippen LogP contribution in [0.2, 0.25) is 5.02 Å². The Kier molecular flexibility index (Phi) is 4.49. The highest BCUT2D eigenvalue weighted by atomic mass is 35.5. The van der Waals surface area contributed by atoms with Crippen LogP contribution in [0.4, 0.5) is 5.69 Å². The number of ether oxygens (including phenoxy) is 1. The van der Waals surface area contributed by atoms with Gasteiger partial charge in [-0.25, -0.2) is 0 Å². The summed E-state index contributed by atoms with van der Waals surface area (Å²) < 4.78 is 5.34. The molecule has 0 amide bonds. The summed E-state index contributed by atoms with van der Waals surface area (Å²) in [5.74, 6) is 0.850. The molecular weight excluding hydrogens is 272 g/mol. The highest BCUT2D eigenvalue weighted by molar-refractivity contribution is 6.32. The van der Waals surface area contributed by atoms with Gasteiger partial charge in [0.25, 0.3) is 0 Å². The maximum Gasteiger partial charge on any atom is 0.123 e. The van der Waals surface area contributed by atoms with Crippen LogP contribution in [-0.2, 0) is 6.54 Å². The molecule has 0 saturated heterocycles. The maximum absolute atomic E-state index is 8.84. The van der Waals surface area contributed by atoms with Crippen molar-refractivity contribution in [1.29, 1.82) is 5.26 Å². The molecule has 102 valence electrons. The van der Waals surface area contributed by atoms with Crippen molar-refractivity contribution in [3.05, 3.63) is 58.1 Å². The Morgan fingerprint density at radius 1 is 1.25 bits per heavy atom. The van der Waals surface area contributed by atoms with E-state index in [0.29, 0.717) is 17.1 Å². The average Bonchev–Trinajstić information content (AvgIpc) is 2.45. The molecule has 2 rings (SSSR count). The van der Waals surface area contributed by atoms with Gasteiger partial charge in [-0.1, -0.05) is 29.3 Å². The van der Waals surface area contributed by atoms with Crippen LogP contribution in [0.5, 0.6) is 5.75 Å². The zero-order valence-corrected chi connectivity index (χ0v) is 12.2. The van der Waals surface area contributed by atoms with Crippen molar-refractivity contribution in [3.63, 3.8) is 0 Å². The quantitative estimate of drug-likeness (QED) is 0.919. The molecule has 0 spiro atoms. The lowest BCUT2D eigenvalue weighted by Crippen LogP contribution is -2.02. The van der Waals surface area contributed by atoms with Crippen LogP contribution in [-0.4, -0.2) is 7.11 Å². The van der Waals surface area contributed by atoms with E-state index in [1.165, 1.54) is 5.56 Å². The minimum Gasteiger partial charge on any atom is -0.496 e. The fourth-order valence-corrected chi connectivity index (χ4v) is 2.18. The fourth-order valence-electron chi connectivity index (χ4n) is 1.96. The van der Waals surface area contributed by atoms with Crippen LogP contribution < -0.4 is 10.1 Å². The molecule has 0 aliphatic heterocycles. The zero-order chi connectivity index (χ0) is 14.5. The van der Waals surface area contributed by atoms with E-state index in [1.54, 1.807) is 19.2 Å². The SMILES string of the molecule is COc1ccc(C)cc1CNc1ccc(C#N)c(Cl)c1. The van der Waals surface area contributed by atoms with Crippen molar-refractivity contribution in [1.82, 2.24) is 0 Å². The first-order valence-electron chi connectivity index (χ1n) is 6.21. The molecule has 0 aromatic heterocycles. The van der Waals surface area contributed by atoms with Crippen molar-refractivity contribution in [2.45, 2.75) is 13.5 Å². The first-order chi connectivity index (χ1) is 9.63. The lowest BCUT2D eigenvalue weighted by Gasteiger charge is -2.12. The minimum absolute atomic E-state index is 0.453. The van der Waals surface area contributed by atoms with Crippen LogP contribution in [0.25, 0.3) is 0 Å². The maximum atomic E-state index is 8.84. The number of hydrogen-bond acceptors (Lipinski definition) is 3. The van der Waals surface area contributed by atoms with Gasteiger partial charge in [-0.2, -0.15) is 5.26 Å². The highest BCUT2D eigenvalue weighted by Gasteiger charge is 2.05. The van der Waals surface area contributed by atoms with Gasteiger partial charge in [-0.15, -0.1) is 0 Å². The van der Waals surface area contributed by atoms with Crippen molar-refractivity contribution in [3.8, 4) is 11.8 Å². The number of rotatable bonds is 4. The number of nitrogens with one attached hydrogen (secondary N) is 1. The molecule has 4 heteroatoms. The summed E-state index contributed by atoms with van der Waals surface area (Å²) in [6.07, 6.45) is 0. The first kappa shape index (κ1) is 14.2. The van der Waals surface area contributed by atoms with Crippen molar-refractivity contribution in [2.24, 2.45) is 0 Å². The standard InChI is InChI=1S/C16H15ClN2O/c1-11-3-6-16(20-2)13(7-11)10-19-14-5-4-12(9-18)15(17)8-14/h3-8,19H,10H2,1-2H3. The molecule has 2 aromatic rings. The number of hydrogen-bond donors (Lipinski definition) is 1. The summed E-state index contributed by atoms with van der Waals surface area (Å²) in [6, 6.07) is 13.4. The van der Waals surface area contributed by atoms with Gasteiger partial charge in [0.15, 0.2) is 0 Å². The van der Waals surface area contributed by atoms with Gasteiger partial charge in [-0.3, -0.25) is 0 Å². The van der Waals surface area contributed by atoms with Gasteiger partial charge < -0.3 is 10.1 Å². The van der Waals surface area contributed by atoms with Crippen molar-refractivity contribution >= 4 is 17.3 Å². The molecule has 2 aromatic carbocycles. The third-order valence-electron chi connectivity index (χ3n) is 3.01. The third kappa shape index (κ3) is 3.23. The molecule has 0 aliphatic carbocycles. The number of benzene rings is 2. The van der Waals surface area contributed by atoms with E-state index >= 15 is 0 Å². The van der Waals surface area contributed by atoms with Crippen LogP contribution in [0.1, 0.15) is 16.7 Å². The molecule has 20 heavy (non-hydrogen) atoms. The van der Waals surface area contributed by atoms with Gasteiger partial charge in [-0.05, 0) is 31.2 Å². The number of aryl methyl sites for hydroxylation is 1. The Balaban J connectivity index is 2.15. The Labute approximate surface area is 123 Å². The van der Waals surface area contributed by atoms with Gasteiger partial charge in [0.1, 0.15) is 11.8 Å². The molecule has 0 bridgehead atoms. The molecule has 0 atom stereocenters. The summed E-state index contributed by atoms with van der Waals surface area (Å²) in [5.41, 5.74) is 3.61. The number of anilines is 1. The van der Waals surface area contributed by atoms with E-state index in [1.807, 2.05) is 31.2 Å². The lowest BCUT2D eigenvalue weighted by molar-refractivity contribution is 0.410. The normalized spacial score (nSPS) is 9.90. The summed E-state index contributed by atoms with van der Waals surface area (Å²) in [7, 11) is 1.66. The third-order valence-corrected chi connectivity index (χ3v) is 3.32. The number of nitriles is 1. The molecular formula is C16H15ClN2O. The predicted octanol–water partition coefficient (Wildman–Crippen LogP) is 4.14. The topological polar surface area (TPSA) is 45.0 Å². The number of halogens is 1.